The Morgan fingerprint density at radius 1 is 1.50 bits per heavy atom. The first-order chi connectivity index (χ1) is 9.49. The second-order valence-corrected chi connectivity index (χ2v) is 5.40. The van der Waals surface area contributed by atoms with E-state index in [1.807, 2.05) is 6.07 Å². The summed E-state index contributed by atoms with van der Waals surface area (Å²) in [4.78, 5) is 12.9. The number of non-ortho nitro benzene ring substituents is 1. The molecule has 2 atom stereocenters. The standard InChI is InChI=1S/C14H21N3O3/c1-10-5-12(15)3-4-16(10)9-11-6-13(17(18)19)8-14(7-11)20-2/h6-8,10,12H,3-5,9,15H2,1-2H3. The maximum absolute atomic E-state index is 10.9. The van der Waals surface area contributed by atoms with Crippen LogP contribution in [0.2, 0.25) is 0 Å². The molecule has 1 aliphatic heterocycles. The molecule has 1 aromatic rings. The Morgan fingerprint density at radius 3 is 2.85 bits per heavy atom. The van der Waals surface area contributed by atoms with Gasteiger partial charge in [0.15, 0.2) is 0 Å². The molecule has 1 saturated heterocycles. The molecule has 0 aromatic heterocycles. The number of methoxy groups -OCH3 is 1. The lowest BCUT2D eigenvalue weighted by Gasteiger charge is -2.36. The molecule has 6 nitrogen and oxygen atoms in total. The molecule has 1 heterocycles. The molecule has 0 amide bonds. The van der Waals surface area contributed by atoms with Crippen molar-refractivity contribution < 1.29 is 9.66 Å². The lowest BCUT2D eigenvalue weighted by atomic mass is 9.98. The van der Waals surface area contributed by atoms with E-state index in [4.69, 9.17) is 10.5 Å². The van der Waals surface area contributed by atoms with Crippen LogP contribution < -0.4 is 10.5 Å². The number of hydrogen-bond donors (Lipinski definition) is 1. The van der Waals surface area contributed by atoms with Crippen LogP contribution in [-0.2, 0) is 6.54 Å². The van der Waals surface area contributed by atoms with Crippen LogP contribution in [0.5, 0.6) is 5.75 Å². The number of ether oxygens (including phenoxy) is 1. The molecule has 1 aromatic carbocycles. The molecule has 0 spiro atoms. The van der Waals surface area contributed by atoms with E-state index in [9.17, 15) is 10.1 Å². The van der Waals surface area contributed by atoms with Crippen LogP contribution in [-0.4, -0.2) is 35.6 Å². The first kappa shape index (κ1) is 14.7. The van der Waals surface area contributed by atoms with Crippen molar-refractivity contribution in [2.45, 2.75) is 38.4 Å². The number of benzene rings is 1. The molecule has 0 saturated carbocycles. The summed E-state index contributed by atoms with van der Waals surface area (Å²) in [6.07, 6.45) is 1.93. The van der Waals surface area contributed by atoms with Crippen molar-refractivity contribution >= 4 is 5.69 Å². The lowest BCUT2D eigenvalue weighted by molar-refractivity contribution is -0.385. The second-order valence-electron chi connectivity index (χ2n) is 5.40. The average molecular weight is 279 g/mol. The van der Waals surface area contributed by atoms with Crippen molar-refractivity contribution in [3.05, 3.63) is 33.9 Å². The minimum Gasteiger partial charge on any atom is -0.496 e. The van der Waals surface area contributed by atoms with Crippen molar-refractivity contribution in [1.82, 2.24) is 4.90 Å². The predicted octanol–water partition coefficient (Wildman–Crippen LogP) is 1.92. The number of nitrogens with zero attached hydrogens (tertiary/aromatic N) is 2. The Labute approximate surface area is 118 Å². The number of rotatable bonds is 4. The predicted molar refractivity (Wildman–Crippen MR) is 76.7 cm³/mol. The monoisotopic (exact) mass is 279 g/mol. The first-order valence-corrected chi connectivity index (χ1v) is 6.81. The smallest absolute Gasteiger partial charge is 0.273 e. The van der Waals surface area contributed by atoms with E-state index >= 15 is 0 Å². The zero-order valence-corrected chi connectivity index (χ0v) is 11.9. The molecule has 110 valence electrons. The van der Waals surface area contributed by atoms with Gasteiger partial charge in [-0.05, 0) is 31.4 Å². The van der Waals surface area contributed by atoms with E-state index in [1.165, 1.54) is 13.2 Å². The highest BCUT2D eigenvalue weighted by Crippen LogP contribution is 2.25. The minimum atomic E-state index is -0.387. The summed E-state index contributed by atoms with van der Waals surface area (Å²) < 4.78 is 5.14. The molecule has 20 heavy (non-hydrogen) atoms. The van der Waals surface area contributed by atoms with Gasteiger partial charge in [0.05, 0.1) is 18.1 Å². The molecule has 6 heteroatoms. The van der Waals surface area contributed by atoms with Crippen molar-refractivity contribution in [3.8, 4) is 5.75 Å². The number of hydrogen-bond acceptors (Lipinski definition) is 5. The molecule has 0 bridgehead atoms. The number of likely N-dealkylation sites (tertiary alicyclic amines) is 1. The van der Waals surface area contributed by atoms with Gasteiger partial charge in [0.1, 0.15) is 5.75 Å². The van der Waals surface area contributed by atoms with Crippen LogP contribution in [0.15, 0.2) is 18.2 Å². The summed E-state index contributed by atoms with van der Waals surface area (Å²) in [6, 6.07) is 5.57. The Balaban J connectivity index is 2.16. The van der Waals surface area contributed by atoms with Crippen LogP contribution in [0.25, 0.3) is 0 Å². The summed E-state index contributed by atoms with van der Waals surface area (Å²) in [5.41, 5.74) is 6.93. The van der Waals surface area contributed by atoms with Crippen molar-refractivity contribution in [3.63, 3.8) is 0 Å². The van der Waals surface area contributed by atoms with Gasteiger partial charge in [-0.2, -0.15) is 0 Å². The van der Waals surface area contributed by atoms with Crippen LogP contribution in [0.4, 0.5) is 5.69 Å². The maximum Gasteiger partial charge on any atom is 0.273 e. The molecule has 1 aliphatic rings. The van der Waals surface area contributed by atoms with E-state index in [2.05, 4.69) is 11.8 Å². The van der Waals surface area contributed by atoms with Gasteiger partial charge < -0.3 is 10.5 Å². The van der Waals surface area contributed by atoms with E-state index < -0.39 is 0 Å². The summed E-state index contributed by atoms with van der Waals surface area (Å²) in [7, 11) is 1.52. The fourth-order valence-corrected chi connectivity index (χ4v) is 2.68. The molecule has 2 unspecified atom stereocenters. The molecular weight excluding hydrogens is 258 g/mol. The van der Waals surface area contributed by atoms with Gasteiger partial charge in [0.2, 0.25) is 0 Å². The largest absolute Gasteiger partial charge is 0.496 e. The Hall–Kier alpha value is -1.66. The highest BCUT2D eigenvalue weighted by molar-refractivity contribution is 5.42. The van der Waals surface area contributed by atoms with Crippen molar-refractivity contribution in [2.24, 2.45) is 5.73 Å². The number of piperidine rings is 1. The van der Waals surface area contributed by atoms with E-state index in [1.54, 1.807) is 6.07 Å². The summed E-state index contributed by atoms with van der Waals surface area (Å²) >= 11 is 0. The van der Waals surface area contributed by atoms with Gasteiger partial charge in [-0.1, -0.05) is 0 Å². The Morgan fingerprint density at radius 2 is 2.25 bits per heavy atom. The summed E-state index contributed by atoms with van der Waals surface area (Å²) in [5.74, 6) is 0.524. The molecule has 2 rings (SSSR count). The minimum absolute atomic E-state index is 0.0701. The van der Waals surface area contributed by atoms with E-state index in [0.717, 1.165) is 24.9 Å². The maximum atomic E-state index is 10.9. The van der Waals surface area contributed by atoms with Gasteiger partial charge in [-0.15, -0.1) is 0 Å². The molecule has 1 fully saturated rings. The van der Waals surface area contributed by atoms with Gasteiger partial charge in [-0.25, -0.2) is 0 Å². The number of nitro benzene ring substituents is 1. The highest BCUT2D eigenvalue weighted by Gasteiger charge is 2.23. The van der Waals surface area contributed by atoms with Crippen LogP contribution in [0.3, 0.4) is 0 Å². The zero-order chi connectivity index (χ0) is 14.7. The fraction of sp³-hybridized carbons (Fsp3) is 0.571. The number of nitro groups is 1. The van der Waals surface area contributed by atoms with Crippen LogP contribution in [0.1, 0.15) is 25.3 Å². The fourth-order valence-electron chi connectivity index (χ4n) is 2.68. The van der Waals surface area contributed by atoms with Gasteiger partial charge in [-0.3, -0.25) is 15.0 Å². The lowest BCUT2D eigenvalue weighted by Crippen LogP contribution is -2.44. The summed E-state index contributed by atoms with van der Waals surface area (Å²) in [5, 5.41) is 10.9. The first-order valence-electron chi connectivity index (χ1n) is 6.81. The third kappa shape index (κ3) is 3.46. The van der Waals surface area contributed by atoms with Crippen molar-refractivity contribution in [1.29, 1.82) is 0 Å². The second kappa shape index (κ2) is 6.19. The van der Waals surface area contributed by atoms with Gasteiger partial charge >= 0.3 is 0 Å². The average Bonchev–Trinajstić information content (AvgIpc) is 2.41. The summed E-state index contributed by atoms with van der Waals surface area (Å²) in [6.45, 7) is 3.76. The molecular formula is C14H21N3O3. The van der Waals surface area contributed by atoms with Crippen LogP contribution in [0, 0.1) is 10.1 Å². The highest BCUT2D eigenvalue weighted by atomic mass is 16.6. The zero-order valence-electron chi connectivity index (χ0n) is 11.9. The number of nitrogens with two attached hydrogens (primary N) is 1. The van der Waals surface area contributed by atoms with E-state index in [-0.39, 0.29) is 16.7 Å². The third-order valence-corrected chi connectivity index (χ3v) is 3.84. The Bertz CT molecular complexity index is 493. The SMILES string of the molecule is COc1cc(CN2CCC(N)CC2C)cc([N+](=O)[O-])c1. The molecule has 2 N–H and O–H groups in total. The van der Waals surface area contributed by atoms with Gasteiger partial charge in [0, 0.05) is 31.2 Å². The van der Waals surface area contributed by atoms with Gasteiger partial charge in [0.25, 0.3) is 5.69 Å². The Kier molecular flexibility index (Phi) is 4.57. The molecule has 0 aliphatic carbocycles. The quantitative estimate of drug-likeness (QED) is 0.672. The van der Waals surface area contributed by atoms with Crippen molar-refractivity contribution in [2.75, 3.05) is 13.7 Å². The molecule has 0 radical (unpaired) electrons. The topological polar surface area (TPSA) is 81.6 Å². The normalized spacial score (nSPS) is 23.6. The van der Waals surface area contributed by atoms with Crippen LogP contribution >= 0.6 is 0 Å². The third-order valence-electron chi connectivity index (χ3n) is 3.84. The van der Waals surface area contributed by atoms with E-state index in [0.29, 0.717) is 18.3 Å².